The number of ether oxygens (including phenoxy) is 1. The third-order valence-electron chi connectivity index (χ3n) is 3.22. The van der Waals surface area contributed by atoms with E-state index in [0.717, 1.165) is 32.1 Å². The second-order valence-electron chi connectivity index (χ2n) is 5.10. The molecule has 0 radical (unpaired) electrons. The first-order chi connectivity index (χ1) is 9.38. The molecule has 0 heterocycles. The normalized spacial score (nSPS) is 14.8. The number of ketones is 1. The summed E-state index contributed by atoms with van der Waals surface area (Å²) in [6.07, 6.45) is 5.68. The second kappa shape index (κ2) is 11.6. The topological polar surface area (TPSA) is 26.3 Å². The van der Waals surface area contributed by atoms with Crippen LogP contribution in [0.25, 0.3) is 0 Å². The molecule has 120 valence electrons. The highest BCUT2D eigenvalue weighted by Crippen LogP contribution is 2.32. The van der Waals surface area contributed by atoms with Crippen molar-refractivity contribution >= 4 is 56.3 Å². The minimum absolute atomic E-state index is 0.170. The minimum atomic E-state index is -0.775. The Morgan fingerprint density at radius 2 is 1.65 bits per heavy atom. The monoisotopic (exact) mass is 356 g/mol. The maximum Gasteiger partial charge on any atom is 0.164 e. The average Bonchev–Trinajstić information content (AvgIpc) is 2.38. The lowest BCUT2D eigenvalue weighted by Gasteiger charge is -2.34. The SMILES string of the molecule is CCCCC(=O)C(CCCC)(CC(S)S)OCC(S)S. The van der Waals surface area contributed by atoms with Crippen molar-refractivity contribution in [2.24, 2.45) is 0 Å². The molecule has 2 nitrogen and oxygen atoms in total. The van der Waals surface area contributed by atoms with Crippen molar-refractivity contribution in [1.29, 1.82) is 0 Å². The standard InChI is InChI=1S/C14H28O2S4/c1-3-5-7-11(15)14(8-6-4-2,9-12(17)18)16-10-13(19)20/h12-13,17-20H,3-10H2,1-2H3. The number of hydrogen-bond donors (Lipinski definition) is 4. The largest absolute Gasteiger partial charge is 0.365 e. The molecule has 0 N–H and O–H groups in total. The molecular weight excluding hydrogens is 328 g/mol. The summed E-state index contributed by atoms with van der Waals surface area (Å²) >= 11 is 17.1. The zero-order valence-corrected chi connectivity index (χ0v) is 16.0. The van der Waals surface area contributed by atoms with E-state index in [2.05, 4.69) is 64.4 Å². The van der Waals surface area contributed by atoms with Gasteiger partial charge in [0.05, 0.1) is 11.2 Å². The fourth-order valence-corrected chi connectivity index (χ4v) is 2.86. The van der Waals surface area contributed by atoms with Crippen LogP contribution in [0.1, 0.15) is 58.8 Å². The summed E-state index contributed by atoms with van der Waals surface area (Å²) in [5.41, 5.74) is -0.775. The molecule has 20 heavy (non-hydrogen) atoms. The summed E-state index contributed by atoms with van der Waals surface area (Å²) in [4.78, 5) is 12.6. The predicted octanol–water partition coefficient (Wildman–Crippen LogP) is 4.45. The van der Waals surface area contributed by atoms with Gasteiger partial charge in [0, 0.05) is 17.4 Å². The van der Waals surface area contributed by atoms with Crippen molar-refractivity contribution in [3.8, 4) is 0 Å². The number of unbranched alkanes of at least 4 members (excludes halogenated alkanes) is 2. The summed E-state index contributed by atoms with van der Waals surface area (Å²) in [6.45, 7) is 4.54. The molecule has 0 rings (SSSR count). The van der Waals surface area contributed by atoms with Gasteiger partial charge >= 0.3 is 0 Å². The fraction of sp³-hybridized carbons (Fsp3) is 0.929. The third-order valence-corrected chi connectivity index (χ3v) is 3.88. The molecule has 0 bridgehead atoms. The Balaban J connectivity index is 5.00. The van der Waals surface area contributed by atoms with Crippen molar-refractivity contribution in [3.63, 3.8) is 0 Å². The summed E-state index contributed by atoms with van der Waals surface area (Å²) in [5.74, 6) is 0.170. The van der Waals surface area contributed by atoms with Crippen molar-refractivity contribution in [2.75, 3.05) is 6.61 Å². The minimum Gasteiger partial charge on any atom is -0.365 e. The van der Waals surface area contributed by atoms with Gasteiger partial charge in [0.2, 0.25) is 0 Å². The van der Waals surface area contributed by atoms with Crippen LogP contribution >= 0.6 is 50.5 Å². The molecule has 1 unspecified atom stereocenters. The van der Waals surface area contributed by atoms with Crippen molar-refractivity contribution in [2.45, 2.75) is 73.6 Å². The van der Waals surface area contributed by atoms with E-state index in [1.54, 1.807) is 0 Å². The molecule has 0 fully saturated rings. The van der Waals surface area contributed by atoms with Crippen LogP contribution < -0.4 is 0 Å². The van der Waals surface area contributed by atoms with E-state index < -0.39 is 5.60 Å². The predicted molar refractivity (Wildman–Crippen MR) is 101 cm³/mol. The molecule has 0 amide bonds. The maximum atomic E-state index is 12.6. The van der Waals surface area contributed by atoms with Crippen molar-refractivity contribution in [3.05, 3.63) is 0 Å². The van der Waals surface area contributed by atoms with Gasteiger partial charge in [-0.3, -0.25) is 4.79 Å². The Hall–Kier alpha value is 1.03. The highest BCUT2D eigenvalue weighted by molar-refractivity contribution is 7.99. The van der Waals surface area contributed by atoms with Gasteiger partial charge in [0.15, 0.2) is 5.78 Å². The van der Waals surface area contributed by atoms with Crippen LogP contribution in [0.2, 0.25) is 0 Å². The van der Waals surface area contributed by atoms with E-state index in [4.69, 9.17) is 4.74 Å². The number of carbonyl (C=O) groups excluding carboxylic acids is 1. The Bertz CT molecular complexity index is 272. The molecule has 0 aromatic heterocycles. The quantitative estimate of drug-likeness (QED) is 0.307. The van der Waals surface area contributed by atoms with Crippen LogP contribution in [0.5, 0.6) is 0 Å². The molecule has 6 heteroatoms. The zero-order valence-electron chi connectivity index (χ0n) is 12.4. The maximum absolute atomic E-state index is 12.6. The average molecular weight is 357 g/mol. The summed E-state index contributed by atoms with van der Waals surface area (Å²) in [5, 5.41) is 0. The van der Waals surface area contributed by atoms with E-state index in [9.17, 15) is 4.79 Å². The first kappa shape index (κ1) is 21.0. The van der Waals surface area contributed by atoms with Gasteiger partial charge in [0.25, 0.3) is 0 Å². The van der Waals surface area contributed by atoms with Crippen LogP contribution in [-0.2, 0) is 9.53 Å². The number of rotatable bonds is 12. The van der Waals surface area contributed by atoms with E-state index in [0.29, 0.717) is 19.4 Å². The number of carbonyl (C=O) groups is 1. The second-order valence-corrected chi connectivity index (χ2v) is 8.41. The lowest BCUT2D eigenvalue weighted by Crippen LogP contribution is -2.44. The Kier molecular flexibility index (Phi) is 12.2. The fourth-order valence-electron chi connectivity index (χ4n) is 2.12. The first-order valence-corrected chi connectivity index (χ1v) is 9.34. The Labute approximate surface area is 145 Å². The van der Waals surface area contributed by atoms with Crippen LogP contribution in [0.3, 0.4) is 0 Å². The summed E-state index contributed by atoms with van der Waals surface area (Å²) in [7, 11) is 0. The van der Waals surface area contributed by atoms with Crippen LogP contribution in [0, 0.1) is 0 Å². The lowest BCUT2D eigenvalue weighted by atomic mass is 9.86. The van der Waals surface area contributed by atoms with Gasteiger partial charge in [0.1, 0.15) is 5.60 Å². The smallest absolute Gasteiger partial charge is 0.164 e. The van der Waals surface area contributed by atoms with Gasteiger partial charge < -0.3 is 4.74 Å². The Morgan fingerprint density at radius 1 is 1.05 bits per heavy atom. The van der Waals surface area contributed by atoms with Gasteiger partial charge in [-0.1, -0.05) is 33.1 Å². The van der Waals surface area contributed by atoms with Crippen LogP contribution in [0.15, 0.2) is 0 Å². The van der Waals surface area contributed by atoms with Crippen LogP contribution in [0.4, 0.5) is 0 Å². The molecular formula is C14H28O2S4. The van der Waals surface area contributed by atoms with Gasteiger partial charge in [-0.2, -0.15) is 50.5 Å². The van der Waals surface area contributed by atoms with E-state index in [-0.39, 0.29) is 14.9 Å². The van der Waals surface area contributed by atoms with Gasteiger partial charge in [-0.15, -0.1) is 0 Å². The summed E-state index contributed by atoms with van der Waals surface area (Å²) in [6, 6.07) is 0. The van der Waals surface area contributed by atoms with Crippen molar-refractivity contribution in [1.82, 2.24) is 0 Å². The van der Waals surface area contributed by atoms with E-state index in [1.165, 1.54) is 0 Å². The molecule has 0 aliphatic carbocycles. The van der Waals surface area contributed by atoms with Crippen LogP contribution in [-0.4, -0.2) is 27.2 Å². The molecule has 0 spiro atoms. The highest BCUT2D eigenvalue weighted by Gasteiger charge is 2.39. The zero-order chi connectivity index (χ0) is 15.6. The van der Waals surface area contributed by atoms with Crippen molar-refractivity contribution < 1.29 is 9.53 Å². The molecule has 0 aromatic rings. The first-order valence-electron chi connectivity index (χ1n) is 7.27. The number of hydrogen-bond acceptors (Lipinski definition) is 6. The molecule has 0 aliphatic heterocycles. The molecule has 0 aliphatic rings. The molecule has 1 atom stereocenters. The molecule has 0 saturated heterocycles. The highest BCUT2D eigenvalue weighted by atomic mass is 32.2. The summed E-state index contributed by atoms with van der Waals surface area (Å²) < 4.78 is 5.61. The van der Waals surface area contributed by atoms with Gasteiger partial charge in [-0.05, 0) is 12.8 Å². The van der Waals surface area contributed by atoms with E-state index >= 15 is 0 Å². The molecule has 0 aromatic carbocycles. The third kappa shape index (κ3) is 8.47. The van der Waals surface area contributed by atoms with Gasteiger partial charge in [-0.25, -0.2) is 0 Å². The lowest BCUT2D eigenvalue weighted by molar-refractivity contribution is -0.146. The molecule has 0 saturated carbocycles. The number of Topliss-reactive ketones (excluding diaryl/α,β-unsaturated/α-hetero) is 1. The number of thiol groups is 4. The van der Waals surface area contributed by atoms with E-state index in [1.807, 2.05) is 0 Å². The Morgan fingerprint density at radius 3 is 2.10 bits per heavy atom.